The molecule has 0 aliphatic carbocycles. The zero-order valence-corrected chi connectivity index (χ0v) is 34.3. The van der Waals surface area contributed by atoms with E-state index in [0.717, 1.165) is 44.8 Å². The van der Waals surface area contributed by atoms with Crippen LogP contribution < -0.4 is 10.4 Å². The first-order chi connectivity index (χ1) is 27.0. The molecule has 0 N–H and O–H groups in total. The van der Waals surface area contributed by atoms with Crippen LogP contribution in [0, 0.1) is 12.1 Å². The van der Waals surface area contributed by atoms with Crippen LogP contribution in [0.2, 0.25) is 13.1 Å². The van der Waals surface area contributed by atoms with Crippen LogP contribution >= 0.6 is 0 Å². The van der Waals surface area contributed by atoms with Crippen molar-refractivity contribution >= 4 is 51.3 Å². The van der Waals surface area contributed by atoms with Gasteiger partial charge in [0.15, 0.2) is 17.4 Å². The van der Waals surface area contributed by atoms with Crippen molar-refractivity contribution in [1.29, 1.82) is 0 Å². The molecule has 10 rings (SSSR count). The summed E-state index contributed by atoms with van der Waals surface area (Å²) in [5.41, 5.74) is 11.3. The molecular formula is C50H37N4PtSi-. The first-order valence-electron chi connectivity index (χ1n) is 18.7. The molecule has 272 valence electrons. The minimum Gasteiger partial charge on any atom is -0.319 e. The summed E-state index contributed by atoms with van der Waals surface area (Å²) < 4.78 is 6.81. The van der Waals surface area contributed by atoms with E-state index in [1.54, 1.807) is 0 Å². The summed E-state index contributed by atoms with van der Waals surface area (Å²) in [5.74, 6) is 0.874. The molecule has 56 heavy (non-hydrogen) atoms. The number of nitrogens with zero attached hydrogens (tertiary/aromatic N) is 4. The third kappa shape index (κ3) is 6.05. The normalized spacial score (nSPS) is 11.6. The number of aromatic nitrogens is 4. The molecule has 0 aliphatic heterocycles. The van der Waals surface area contributed by atoms with Crippen molar-refractivity contribution in [3.63, 3.8) is 0 Å². The van der Waals surface area contributed by atoms with Gasteiger partial charge in [-0.05, 0) is 58.0 Å². The van der Waals surface area contributed by atoms with E-state index in [4.69, 9.17) is 4.98 Å². The first kappa shape index (κ1) is 35.6. The molecular weight excluding hydrogens is 880 g/mol. The Balaban J connectivity index is 0.00000410. The Morgan fingerprint density at radius 3 is 1.91 bits per heavy atom. The molecule has 3 heterocycles. The van der Waals surface area contributed by atoms with Crippen LogP contribution in [0.25, 0.3) is 72.3 Å². The summed E-state index contributed by atoms with van der Waals surface area (Å²) >= 11 is 0. The maximum Gasteiger partial charge on any atom is 0.168 e. The van der Waals surface area contributed by atoms with Gasteiger partial charge >= 0.3 is 0 Å². The van der Waals surface area contributed by atoms with E-state index in [2.05, 4.69) is 221 Å². The van der Waals surface area contributed by atoms with Crippen molar-refractivity contribution in [2.75, 3.05) is 0 Å². The van der Waals surface area contributed by atoms with Crippen LogP contribution in [0.5, 0.6) is 0 Å². The Bertz CT molecular complexity index is 3020. The van der Waals surface area contributed by atoms with Gasteiger partial charge in [-0.25, -0.2) is 9.55 Å². The van der Waals surface area contributed by atoms with E-state index in [1.807, 2.05) is 6.20 Å². The average Bonchev–Trinajstić information content (AvgIpc) is 3.81. The van der Waals surface area contributed by atoms with Crippen molar-refractivity contribution < 1.29 is 21.1 Å². The second kappa shape index (κ2) is 14.5. The molecule has 10 aromatic rings. The number of hydrogen-bond acceptors (Lipinski definition) is 1. The van der Waals surface area contributed by atoms with Gasteiger partial charge in [0.05, 0.1) is 8.07 Å². The molecule has 0 saturated carbocycles. The number of fused-ring (bicyclic) bond motifs is 4. The van der Waals surface area contributed by atoms with Gasteiger partial charge in [-0.2, -0.15) is 45.3 Å². The fourth-order valence-electron chi connectivity index (χ4n) is 8.01. The van der Waals surface area contributed by atoms with E-state index in [9.17, 15) is 0 Å². The number of rotatable bonds is 7. The van der Waals surface area contributed by atoms with Gasteiger partial charge in [0.1, 0.15) is 11.5 Å². The Morgan fingerprint density at radius 1 is 0.518 bits per heavy atom. The summed E-state index contributed by atoms with van der Waals surface area (Å²) in [7, 11) is -2.31. The van der Waals surface area contributed by atoms with Gasteiger partial charge in [-0.1, -0.05) is 122 Å². The van der Waals surface area contributed by atoms with E-state index in [0.29, 0.717) is 0 Å². The maximum absolute atomic E-state index is 5.00. The van der Waals surface area contributed by atoms with Crippen LogP contribution in [0.3, 0.4) is 0 Å². The molecule has 0 spiro atoms. The van der Waals surface area contributed by atoms with Crippen LogP contribution in [0.4, 0.5) is 0 Å². The number of para-hydroxylation sites is 4. The molecule has 0 fully saturated rings. The van der Waals surface area contributed by atoms with E-state index < -0.39 is 8.07 Å². The van der Waals surface area contributed by atoms with Crippen molar-refractivity contribution in [3.8, 4) is 39.4 Å². The molecule has 0 radical (unpaired) electrons. The van der Waals surface area contributed by atoms with Gasteiger partial charge in [-0.15, -0.1) is 17.5 Å². The SMILES string of the molecule is C[Si](C)(c1[c-]c(-n2[cH+]n(-c3ccccc3)c3ccccc32)ccc1)c1[c-]c2c(cc1)c1ccccc1n2-c1cc(-c2ccccc2-c2ccccc2)ccn1.[Pt]. The molecule has 0 bridgehead atoms. The number of hydrogen-bond donors (Lipinski definition) is 0. The van der Waals surface area contributed by atoms with Crippen LogP contribution in [-0.2, 0) is 21.1 Å². The van der Waals surface area contributed by atoms with Gasteiger partial charge in [0, 0.05) is 50.6 Å². The number of benzene rings is 7. The first-order valence-corrected chi connectivity index (χ1v) is 21.7. The van der Waals surface area contributed by atoms with Gasteiger partial charge in [-0.3, -0.25) is 0 Å². The average molecular weight is 917 g/mol. The van der Waals surface area contributed by atoms with Crippen LogP contribution in [0.1, 0.15) is 0 Å². The molecule has 0 aliphatic rings. The zero-order chi connectivity index (χ0) is 36.9. The predicted molar refractivity (Wildman–Crippen MR) is 231 cm³/mol. The Hall–Kier alpha value is -6.13. The molecule has 3 aromatic heterocycles. The van der Waals surface area contributed by atoms with E-state index >= 15 is 0 Å². The minimum atomic E-state index is -2.31. The van der Waals surface area contributed by atoms with Crippen molar-refractivity contribution in [1.82, 2.24) is 18.7 Å². The molecule has 0 unspecified atom stereocenters. The Labute approximate surface area is 342 Å². The molecule has 4 nitrogen and oxygen atoms in total. The molecule has 7 aromatic carbocycles. The quantitative estimate of drug-likeness (QED) is 0.116. The third-order valence-corrected chi connectivity index (χ3v) is 14.2. The summed E-state index contributed by atoms with van der Waals surface area (Å²) in [6, 6.07) is 70.3. The van der Waals surface area contributed by atoms with E-state index in [1.165, 1.54) is 37.8 Å². The van der Waals surface area contributed by atoms with Crippen molar-refractivity contribution in [3.05, 3.63) is 201 Å². The number of imidazole rings is 1. The smallest absolute Gasteiger partial charge is 0.168 e. The van der Waals surface area contributed by atoms with Crippen LogP contribution in [-0.4, -0.2) is 26.8 Å². The fourth-order valence-corrected chi connectivity index (χ4v) is 10.2. The van der Waals surface area contributed by atoms with Gasteiger partial charge in [0.2, 0.25) is 0 Å². The largest absolute Gasteiger partial charge is 0.319 e. The summed E-state index contributed by atoms with van der Waals surface area (Å²) in [5, 5.41) is 4.81. The molecule has 0 atom stereocenters. The number of pyridine rings is 1. The predicted octanol–water partition coefficient (Wildman–Crippen LogP) is 10.9. The molecule has 0 saturated heterocycles. The van der Waals surface area contributed by atoms with Crippen molar-refractivity contribution in [2.24, 2.45) is 0 Å². The van der Waals surface area contributed by atoms with Gasteiger partial charge in [0.25, 0.3) is 0 Å². The minimum absolute atomic E-state index is 0. The molecule has 0 amide bonds. The third-order valence-electron chi connectivity index (χ3n) is 10.9. The summed E-state index contributed by atoms with van der Waals surface area (Å²) in [4.78, 5) is 5.00. The van der Waals surface area contributed by atoms with E-state index in [-0.39, 0.29) is 21.1 Å². The Kier molecular flexibility index (Phi) is 9.21. The van der Waals surface area contributed by atoms with Crippen LogP contribution in [0.15, 0.2) is 188 Å². The van der Waals surface area contributed by atoms with Gasteiger partial charge < -0.3 is 4.57 Å². The fraction of sp³-hybridized carbons (Fsp3) is 0.0400. The second-order valence-electron chi connectivity index (χ2n) is 14.6. The summed E-state index contributed by atoms with van der Waals surface area (Å²) in [6.45, 7) is 4.81. The summed E-state index contributed by atoms with van der Waals surface area (Å²) in [6.07, 6.45) is 4.11. The Morgan fingerprint density at radius 2 is 1.14 bits per heavy atom. The second-order valence-corrected chi connectivity index (χ2v) is 18.9. The van der Waals surface area contributed by atoms with Crippen molar-refractivity contribution in [2.45, 2.75) is 13.1 Å². The zero-order valence-electron chi connectivity index (χ0n) is 31.0. The monoisotopic (exact) mass is 916 g/mol. The topological polar surface area (TPSA) is 27.7 Å². The molecule has 6 heteroatoms. The maximum atomic E-state index is 5.00. The standard InChI is InChI=1S/C50H37N4Si.Pt/c1-55(2,40-21-15-20-39(33-40)53-35-52(38-18-7-4-8-19-38)47-26-13-14-27-48(47)53)41-28-29-45-44-24-11-12-25-46(44)54(49(45)34-41)50-32-37(30-31-51-50)43-23-10-9-22-42(43)36-16-5-3-6-17-36;/h3-32,35H,1-2H3;/q-1;.